The fraction of sp³-hybridized carbons (Fsp3) is 0.400. The van der Waals surface area contributed by atoms with Crippen molar-refractivity contribution in [1.82, 2.24) is 0 Å². The summed E-state index contributed by atoms with van der Waals surface area (Å²) in [5.41, 5.74) is 6.37. The molecule has 0 aliphatic rings. The Bertz CT molecular complexity index is 368. The summed E-state index contributed by atoms with van der Waals surface area (Å²) in [5.74, 6) is 0. The van der Waals surface area contributed by atoms with Crippen LogP contribution in [-0.4, -0.2) is 12.3 Å². The number of hydrogen-bond acceptors (Lipinski definition) is 2. The predicted molar refractivity (Wildman–Crippen MR) is 56.2 cm³/mol. The molecule has 0 radical (unpaired) electrons. The molecule has 16 heavy (non-hydrogen) atoms. The molecular formula is C10H11ClF3NO. The smallest absolute Gasteiger partial charge is 0.398 e. The van der Waals surface area contributed by atoms with E-state index in [1.54, 1.807) is 6.07 Å². The molecule has 0 amide bonds. The van der Waals surface area contributed by atoms with Crippen LogP contribution in [0.1, 0.15) is 12.5 Å². The van der Waals surface area contributed by atoms with E-state index in [-0.39, 0.29) is 6.61 Å². The third-order valence-electron chi connectivity index (χ3n) is 2.05. The van der Waals surface area contributed by atoms with E-state index in [2.05, 4.69) is 4.74 Å². The Morgan fingerprint density at radius 2 is 2.06 bits per heavy atom. The van der Waals surface area contributed by atoms with Crippen LogP contribution in [-0.2, 0) is 11.3 Å². The highest BCUT2D eigenvalue weighted by atomic mass is 35.5. The topological polar surface area (TPSA) is 35.2 Å². The van der Waals surface area contributed by atoms with Crippen molar-refractivity contribution in [2.45, 2.75) is 25.8 Å². The van der Waals surface area contributed by atoms with Crippen molar-refractivity contribution >= 4 is 17.3 Å². The number of benzene rings is 1. The van der Waals surface area contributed by atoms with Gasteiger partial charge in [0.25, 0.3) is 0 Å². The van der Waals surface area contributed by atoms with E-state index < -0.39 is 12.3 Å². The van der Waals surface area contributed by atoms with E-state index in [1.165, 1.54) is 12.1 Å². The molecule has 6 heteroatoms. The summed E-state index contributed by atoms with van der Waals surface area (Å²) in [6.45, 7) is 0.730. The first kappa shape index (κ1) is 13.1. The van der Waals surface area contributed by atoms with Gasteiger partial charge in [-0.25, -0.2) is 0 Å². The quantitative estimate of drug-likeness (QED) is 0.838. The highest BCUT2D eigenvalue weighted by Crippen LogP contribution is 2.25. The molecule has 1 rings (SSSR count). The molecule has 0 spiro atoms. The Morgan fingerprint density at radius 1 is 1.44 bits per heavy atom. The molecule has 0 fully saturated rings. The maximum atomic E-state index is 12.1. The second-order valence-electron chi connectivity index (χ2n) is 3.34. The molecule has 0 saturated heterocycles. The van der Waals surface area contributed by atoms with Crippen LogP contribution in [0, 0.1) is 0 Å². The van der Waals surface area contributed by atoms with Crippen LogP contribution < -0.4 is 5.73 Å². The summed E-state index contributed by atoms with van der Waals surface area (Å²) in [6, 6.07) is 4.58. The van der Waals surface area contributed by atoms with Gasteiger partial charge in [0, 0.05) is 16.3 Å². The number of hydrogen-bond donors (Lipinski definition) is 1. The summed E-state index contributed by atoms with van der Waals surface area (Å²) in [6.07, 6.45) is -6.20. The average molecular weight is 254 g/mol. The van der Waals surface area contributed by atoms with Crippen LogP contribution >= 0.6 is 11.6 Å². The Kier molecular flexibility index (Phi) is 4.04. The fourth-order valence-electron chi connectivity index (χ4n) is 1.01. The van der Waals surface area contributed by atoms with Crippen molar-refractivity contribution in [2.75, 3.05) is 5.73 Å². The summed E-state index contributed by atoms with van der Waals surface area (Å²) < 4.78 is 41.1. The van der Waals surface area contributed by atoms with Gasteiger partial charge in [0.05, 0.1) is 6.61 Å². The minimum atomic E-state index is -4.37. The minimum Gasteiger partial charge on any atom is -0.398 e. The molecule has 1 aromatic rings. The lowest BCUT2D eigenvalue weighted by molar-refractivity contribution is -0.217. The maximum absolute atomic E-state index is 12.1. The van der Waals surface area contributed by atoms with Crippen LogP contribution in [0.2, 0.25) is 5.02 Å². The van der Waals surface area contributed by atoms with Gasteiger partial charge >= 0.3 is 6.18 Å². The zero-order chi connectivity index (χ0) is 12.3. The maximum Gasteiger partial charge on any atom is 0.414 e. The normalized spacial score (nSPS) is 13.8. The molecule has 0 aromatic heterocycles. The molecule has 0 saturated carbocycles. The summed E-state index contributed by atoms with van der Waals surface area (Å²) in [4.78, 5) is 0. The van der Waals surface area contributed by atoms with Crippen molar-refractivity contribution in [3.05, 3.63) is 28.8 Å². The Morgan fingerprint density at radius 3 is 2.62 bits per heavy atom. The lowest BCUT2D eigenvalue weighted by atomic mass is 10.2. The standard InChI is InChI=1S/C10H11ClF3NO/c1-6(10(12,13)14)16-5-7-4-8(11)2-3-9(7)15/h2-4,6H,5,15H2,1H3. The molecule has 1 unspecified atom stereocenters. The SMILES string of the molecule is CC(OCc1cc(Cl)ccc1N)C(F)(F)F. The van der Waals surface area contributed by atoms with Gasteiger partial charge in [-0.3, -0.25) is 0 Å². The van der Waals surface area contributed by atoms with Crippen molar-refractivity contribution in [2.24, 2.45) is 0 Å². The molecule has 0 bridgehead atoms. The van der Waals surface area contributed by atoms with Gasteiger partial charge in [0.1, 0.15) is 0 Å². The monoisotopic (exact) mass is 253 g/mol. The third kappa shape index (κ3) is 3.57. The first-order valence-electron chi connectivity index (χ1n) is 4.53. The van der Waals surface area contributed by atoms with Gasteiger partial charge in [-0.1, -0.05) is 11.6 Å². The second-order valence-corrected chi connectivity index (χ2v) is 3.77. The molecule has 0 heterocycles. The van der Waals surface area contributed by atoms with E-state index >= 15 is 0 Å². The summed E-state index contributed by atoms with van der Waals surface area (Å²) in [7, 11) is 0. The van der Waals surface area contributed by atoms with Crippen molar-refractivity contribution in [3.8, 4) is 0 Å². The largest absolute Gasteiger partial charge is 0.414 e. The Balaban J connectivity index is 2.64. The van der Waals surface area contributed by atoms with Gasteiger partial charge < -0.3 is 10.5 Å². The number of alkyl halides is 3. The van der Waals surface area contributed by atoms with E-state index in [4.69, 9.17) is 17.3 Å². The number of ether oxygens (including phenoxy) is 1. The Labute approximate surface area is 96.1 Å². The zero-order valence-corrected chi connectivity index (χ0v) is 9.27. The lowest BCUT2D eigenvalue weighted by Crippen LogP contribution is -2.28. The molecule has 0 aliphatic carbocycles. The highest BCUT2D eigenvalue weighted by molar-refractivity contribution is 6.30. The predicted octanol–water partition coefficient (Wildman–Crippen LogP) is 3.39. The van der Waals surface area contributed by atoms with Crippen LogP contribution in [0.3, 0.4) is 0 Å². The lowest BCUT2D eigenvalue weighted by Gasteiger charge is -2.17. The van der Waals surface area contributed by atoms with Gasteiger partial charge in [0.15, 0.2) is 6.10 Å². The van der Waals surface area contributed by atoms with Gasteiger partial charge in [0.2, 0.25) is 0 Å². The Hall–Kier alpha value is -0.940. The first-order valence-corrected chi connectivity index (χ1v) is 4.90. The highest BCUT2D eigenvalue weighted by Gasteiger charge is 2.36. The van der Waals surface area contributed by atoms with Crippen LogP contribution in [0.15, 0.2) is 18.2 Å². The van der Waals surface area contributed by atoms with Crippen LogP contribution in [0.4, 0.5) is 18.9 Å². The van der Waals surface area contributed by atoms with Gasteiger partial charge in [-0.15, -0.1) is 0 Å². The minimum absolute atomic E-state index is 0.215. The molecule has 2 N–H and O–H groups in total. The van der Waals surface area contributed by atoms with Crippen LogP contribution in [0.5, 0.6) is 0 Å². The zero-order valence-electron chi connectivity index (χ0n) is 8.51. The molecule has 1 aromatic carbocycles. The van der Waals surface area contributed by atoms with Crippen molar-refractivity contribution < 1.29 is 17.9 Å². The van der Waals surface area contributed by atoms with Crippen LogP contribution in [0.25, 0.3) is 0 Å². The second kappa shape index (κ2) is 4.93. The van der Waals surface area contributed by atoms with Crippen molar-refractivity contribution in [1.29, 1.82) is 0 Å². The van der Waals surface area contributed by atoms with E-state index in [9.17, 15) is 13.2 Å². The molecule has 2 nitrogen and oxygen atoms in total. The third-order valence-corrected chi connectivity index (χ3v) is 2.29. The van der Waals surface area contributed by atoms with E-state index in [0.717, 1.165) is 6.92 Å². The molecular weight excluding hydrogens is 243 g/mol. The average Bonchev–Trinajstić information content (AvgIpc) is 2.17. The van der Waals surface area contributed by atoms with Gasteiger partial charge in [-0.2, -0.15) is 13.2 Å². The van der Waals surface area contributed by atoms with Gasteiger partial charge in [-0.05, 0) is 25.1 Å². The summed E-state index contributed by atoms with van der Waals surface area (Å²) in [5, 5.41) is 0.410. The first-order chi connectivity index (χ1) is 7.30. The van der Waals surface area contributed by atoms with E-state index in [0.29, 0.717) is 16.3 Å². The molecule has 0 aliphatic heterocycles. The molecule has 90 valence electrons. The summed E-state index contributed by atoms with van der Waals surface area (Å²) >= 11 is 5.69. The number of rotatable bonds is 3. The molecule has 1 atom stereocenters. The fourth-order valence-corrected chi connectivity index (χ4v) is 1.20. The van der Waals surface area contributed by atoms with Crippen molar-refractivity contribution in [3.63, 3.8) is 0 Å². The number of nitrogen functional groups attached to an aromatic ring is 1. The number of anilines is 1. The van der Waals surface area contributed by atoms with E-state index in [1.807, 2.05) is 0 Å². The number of nitrogens with two attached hydrogens (primary N) is 1. The number of halogens is 4.